The van der Waals surface area contributed by atoms with Crippen LogP contribution in [-0.4, -0.2) is 33.1 Å². The number of fused-ring (bicyclic) bond motifs is 1. The maximum atomic E-state index is 14.2. The van der Waals surface area contributed by atoms with E-state index in [1.807, 2.05) is 52.0 Å². The van der Waals surface area contributed by atoms with E-state index in [0.29, 0.717) is 53.8 Å². The summed E-state index contributed by atoms with van der Waals surface area (Å²) in [6.45, 7) is 8.15. The van der Waals surface area contributed by atoms with Gasteiger partial charge in [-0.25, -0.2) is 14.4 Å². The van der Waals surface area contributed by atoms with Crippen molar-refractivity contribution >= 4 is 23.3 Å². The molecule has 0 aliphatic carbocycles. The van der Waals surface area contributed by atoms with Crippen molar-refractivity contribution < 1.29 is 13.6 Å². The number of pyridine rings is 1. The molecule has 38 heavy (non-hydrogen) atoms. The normalized spacial score (nSPS) is 14.3. The van der Waals surface area contributed by atoms with Gasteiger partial charge in [-0.05, 0) is 70.0 Å². The lowest BCUT2D eigenvalue weighted by Gasteiger charge is -2.19. The molecule has 4 aromatic rings. The van der Waals surface area contributed by atoms with E-state index in [-0.39, 0.29) is 11.7 Å². The first-order valence-electron chi connectivity index (χ1n) is 12.5. The van der Waals surface area contributed by atoms with Crippen molar-refractivity contribution in [3.63, 3.8) is 0 Å². The quantitative estimate of drug-likeness (QED) is 0.317. The zero-order valence-corrected chi connectivity index (χ0v) is 21.8. The first-order valence-corrected chi connectivity index (χ1v) is 12.5. The van der Waals surface area contributed by atoms with E-state index in [2.05, 4.69) is 15.6 Å². The monoisotopic (exact) mass is 512 g/mol. The fourth-order valence-electron chi connectivity index (χ4n) is 4.51. The minimum Gasteiger partial charge on any atom is -0.465 e. The van der Waals surface area contributed by atoms with Gasteiger partial charge in [0.1, 0.15) is 34.7 Å². The Balaban J connectivity index is 1.58. The number of hydrogen-bond acceptors (Lipinski definition) is 7. The Morgan fingerprint density at radius 2 is 1.92 bits per heavy atom. The Morgan fingerprint density at radius 3 is 2.66 bits per heavy atom. The number of anilines is 2. The summed E-state index contributed by atoms with van der Waals surface area (Å²) in [4.78, 5) is 31.7. The van der Waals surface area contributed by atoms with E-state index < -0.39 is 5.41 Å². The van der Waals surface area contributed by atoms with Crippen LogP contribution >= 0.6 is 0 Å². The molecule has 2 N–H and O–H groups in total. The van der Waals surface area contributed by atoms with Crippen LogP contribution in [0, 0.1) is 19.7 Å². The van der Waals surface area contributed by atoms with E-state index in [1.165, 1.54) is 6.07 Å². The fraction of sp³-hybridized carbons (Fsp3) is 0.276. The minimum atomic E-state index is -0.832. The Bertz CT molecular complexity index is 1540. The molecule has 0 atom stereocenters. The molecule has 0 unspecified atom stereocenters. The second kappa shape index (κ2) is 10.2. The number of rotatable bonds is 8. The summed E-state index contributed by atoms with van der Waals surface area (Å²) in [5.41, 5.74) is 2.47. The van der Waals surface area contributed by atoms with E-state index >= 15 is 0 Å². The molecule has 1 aromatic carbocycles. The molecule has 8 nitrogen and oxygen atoms in total. The van der Waals surface area contributed by atoms with Crippen molar-refractivity contribution in [3.05, 3.63) is 100 Å². The summed E-state index contributed by atoms with van der Waals surface area (Å²) in [6, 6.07) is 14.2. The van der Waals surface area contributed by atoms with Gasteiger partial charge in [0.2, 0.25) is 5.91 Å². The zero-order valence-electron chi connectivity index (χ0n) is 21.8. The summed E-state index contributed by atoms with van der Waals surface area (Å²) in [5, 5.41) is 6.25. The molecule has 0 fully saturated rings. The van der Waals surface area contributed by atoms with Crippen molar-refractivity contribution in [1.82, 2.24) is 15.0 Å². The number of hydrogen-bond donors (Lipinski definition) is 2. The Labute approximate surface area is 220 Å². The lowest BCUT2D eigenvalue weighted by Crippen LogP contribution is -2.28. The smallest absolute Gasteiger partial charge is 0.235 e. The number of halogens is 1. The van der Waals surface area contributed by atoms with Gasteiger partial charge in [-0.3, -0.25) is 14.8 Å². The predicted octanol–water partition coefficient (Wildman–Crippen LogP) is 5.14. The van der Waals surface area contributed by atoms with Gasteiger partial charge in [0.05, 0.1) is 17.5 Å². The second-order valence-electron chi connectivity index (χ2n) is 9.77. The molecule has 0 saturated heterocycles. The van der Waals surface area contributed by atoms with Crippen molar-refractivity contribution in [2.45, 2.75) is 46.1 Å². The number of carbonyl (C=O) groups is 1. The molecule has 9 heteroatoms. The number of amides is 1. The highest BCUT2D eigenvalue weighted by atomic mass is 19.1. The van der Waals surface area contributed by atoms with Gasteiger partial charge in [-0.2, -0.15) is 0 Å². The number of nitrogens with one attached hydrogen (secondary N) is 2. The minimum absolute atomic E-state index is 0.161. The van der Waals surface area contributed by atoms with Gasteiger partial charge in [0.15, 0.2) is 5.82 Å². The number of furan rings is 1. The van der Waals surface area contributed by atoms with Crippen LogP contribution in [0.1, 0.15) is 53.6 Å². The fourth-order valence-corrected chi connectivity index (χ4v) is 4.51. The van der Waals surface area contributed by atoms with Crippen LogP contribution in [0.5, 0.6) is 0 Å². The maximum absolute atomic E-state index is 14.2. The number of aliphatic imine (C=N–C) groups is 1. The van der Waals surface area contributed by atoms with Gasteiger partial charge in [-0.1, -0.05) is 18.2 Å². The van der Waals surface area contributed by atoms with Crippen LogP contribution in [0.2, 0.25) is 0 Å². The Hall–Kier alpha value is -4.40. The molecular weight excluding hydrogens is 483 g/mol. The van der Waals surface area contributed by atoms with E-state index in [1.54, 1.807) is 24.4 Å². The van der Waals surface area contributed by atoms with Gasteiger partial charge >= 0.3 is 0 Å². The molecule has 1 aliphatic heterocycles. The SMILES string of the molecule is Cc1ccc(CNc2nc(/C(=N/CCc3ccccc3F)c3cccnc3C)nc3c2C(C)(C)C(=O)N3)o1. The average molecular weight is 513 g/mol. The van der Waals surface area contributed by atoms with Crippen LogP contribution < -0.4 is 10.6 Å². The summed E-state index contributed by atoms with van der Waals surface area (Å²) >= 11 is 0. The van der Waals surface area contributed by atoms with Gasteiger partial charge < -0.3 is 15.1 Å². The largest absolute Gasteiger partial charge is 0.465 e. The highest BCUT2D eigenvalue weighted by Crippen LogP contribution is 2.40. The number of carbonyl (C=O) groups excluding carboxylic acids is 1. The van der Waals surface area contributed by atoms with E-state index in [9.17, 15) is 9.18 Å². The Kier molecular flexibility index (Phi) is 6.75. The van der Waals surface area contributed by atoms with Gasteiger partial charge in [-0.15, -0.1) is 0 Å². The summed E-state index contributed by atoms with van der Waals surface area (Å²) in [6.07, 6.45) is 2.12. The molecule has 3 aromatic heterocycles. The van der Waals surface area contributed by atoms with Crippen LogP contribution in [0.4, 0.5) is 16.0 Å². The van der Waals surface area contributed by atoms with Crippen LogP contribution in [0.15, 0.2) is 64.1 Å². The first kappa shape index (κ1) is 25.3. The summed E-state index contributed by atoms with van der Waals surface area (Å²) in [7, 11) is 0. The van der Waals surface area contributed by atoms with Crippen molar-refractivity contribution in [3.8, 4) is 0 Å². The number of aromatic nitrogens is 3. The third kappa shape index (κ3) is 4.91. The van der Waals surface area contributed by atoms with Crippen molar-refractivity contribution in [2.24, 2.45) is 4.99 Å². The van der Waals surface area contributed by atoms with Crippen LogP contribution in [0.3, 0.4) is 0 Å². The van der Waals surface area contributed by atoms with Gasteiger partial charge in [0.25, 0.3) is 0 Å². The summed E-state index contributed by atoms with van der Waals surface area (Å²) < 4.78 is 19.9. The molecule has 0 spiro atoms. The van der Waals surface area contributed by atoms with Crippen molar-refractivity contribution in [1.29, 1.82) is 0 Å². The standard InChI is InChI=1S/C29H29FN6O2/c1-17-11-12-20(38-17)16-33-25-23-26(36-28(37)29(23,3)4)35-27(34-25)24(21-9-7-14-31-18(21)2)32-15-13-19-8-5-6-10-22(19)30/h5-12,14H,13,15-16H2,1-4H3,(H2,33,34,35,36,37)/b32-24+. The molecular formula is C29H29FN6O2. The molecule has 0 bridgehead atoms. The molecule has 5 rings (SSSR count). The third-order valence-electron chi connectivity index (χ3n) is 6.64. The molecule has 194 valence electrons. The molecule has 1 aliphatic rings. The number of benzene rings is 1. The van der Waals surface area contributed by atoms with Crippen LogP contribution in [0.25, 0.3) is 0 Å². The topological polar surface area (TPSA) is 105 Å². The lowest BCUT2D eigenvalue weighted by molar-refractivity contribution is -0.119. The van der Waals surface area contributed by atoms with E-state index in [4.69, 9.17) is 19.4 Å². The number of aryl methyl sites for hydroxylation is 2. The maximum Gasteiger partial charge on any atom is 0.235 e. The molecule has 1 amide bonds. The van der Waals surface area contributed by atoms with Crippen LogP contribution in [-0.2, 0) is 23.2 Å². The molecule has 0 saturated carbocycles. The Morgan fingerprint density at radius 1 is 1.11 bits per heavy atom. The highest BCUT2D eigenvalue weighted by molar-refractivity contribution is 6.13. The number of nitrogens with zero attached hydrogens (tertiary/aromatic N) is 4. The van der Waals surface area contributed by atoms with Crippen molar-refractivity contribution in [2.75, 3.05) is 17.2 Å². The first-order chi connectivity index (χ1) is 18.2. The highest BCUT2D eigenvalue weighted by Gasteiger charge is 2.43. The molecule has 0 radical (unpaired) electrons. The third-order valence-corrected chi connectivity index (χ3v) is 6.64. The predicted molar refractivity (Wildman–Crippen MR) is 144 cm³/mol. The van der Waals surface area contributed by atoms with E-state index in [0.717, 1.165) is 22.8 Å². The second-order valence-corrected chi connectivity index (χ2v) is 9.77. The van der Waals surface area contributed by atoms with Gasteiger partial charge in [0, 0.05) is 24.0 Å². The average Bonchev–Trinajstić information content (AvgIpc) is 3.41. The lowest BCUT2D eigenvalue weighted by atomic mass is 9.87. The summed E-state index contributed by atoms with van der Waals surface area (Å²) in [5.74, 6) is 2.42. The molecule has 4 heterocycles. The zero-order chi connectivity index (χ0) is 26.9.